The minimum absolute atomic E-state index is 1.04. The van der Waals surface area contributed by atoms with Crippen LogP contribution in [-0.2, 0) is 0 Å². The van der Waals surface area contributed by atoms with Gasteiger partial charge in [-0.1, -0.05) is 59.7 Å². The molecule has 0 saturated heterocycles. The number of benzene rings is 2. The van der Waals surface area contributed by atoms with Crippen molar-refractivity contribution in [3.63, 3.8) is 0 Å². The monoisotopic (exact) mass is 235 g/mol. The van der Waals surface area contributed by atoms with E-state index in [1.54, 1.807) is 7.05 Å². The van der Waals surface area contributed by atoms with Crippen molar-refractivity contribution in [3.05, 3.63) is 70.8 Å². The van der Waals surface area contributed by atoms with E-state index in [2.05, 4.69) is 73.2 Å². The summed E-state index contributed by atoms with van der Waals surface area (Å²) in [5, 5.41) is 0. The van der Waals surface area contributed by atoms with Crippen molar-refractivity contribution in [3.8, 4) is 0 Å². The summed E-state index contributed by atoms with van der Waals surface area (Å²) in [6.07, 6.45) is 0. The van der Waals surface area contributed by atoms with E-state index in [0.29, 0.717) is 0 Å². The molecule has 1 heteroatoms. The zero-order valence-electron chi connectivity index (χ0n) is 11.1. The predicted molar refractivity (Wildman–Crippen MR) is 78.2 cm³/mol. The first-order valence-corrected chi connectivity index (χ1v) is 6.06. The van der Waals surface area contributed by atoms with Crippen LogP contribution in [-0.4, -0.2) is 12.9 Å². The van der Waals surface area contributed by atoms with Crippen LogP contribution in [0.2, 0.25) is 0 Å². The fourth-order valence-electron chi connectivity index (χ4n) is 1.85. The summed E-state index contributed by atoms with van der Waals surface area (Å²) in [4.78, 5) is 4.05. The second kappa shape index (κ2) is 5.48. The van der Waals surface area contributed by atoms with Crippen LogP contribution in [0.15, 0.2) is 53.5 Å². The largest absolute Gasteiger partial charge is 0.246 e. The van der Waals surface area contributed by atoms with E-state index in [1.165, 1.54) is 11.1 Å². The third-order valence-electron chi connectivity index (χ3n) is 2.90. The van der Waals surface area contributed by atoms with Crippen LogP contribution in [0.25, 0.3) is 5.57 Å². The minimum Gasteiger partial charge on any atom is -0.246 e. The van der Waals surface area contributed by atoms with Gasteiger partial charge in [-0.3, -0.25) is 0 Å². The Bertz CT molecular complexity index is 535. The van der Waals surface area contributed by atoms with Gasteiger partial charge in [-0.15, -0.1) is 0 Å². The molecule has 2 aromatic rings. The van der Waals surface area contributed by atoms with E-state index in [-0.39, 0.29) is 0 Å². The molecule has 0 aliphatic rings. The summed E-state index contributed by atoms with van der Waals surface area (Å²) in [5.41, 5.74) is 5.86. The number of aliphatic imine (C=N–C) groups is 1. The maximum atomic E-state index is 4.05. The first kappa shape index (κ1) is 12.3. The first-order chi connectivity index (χ1) is 8.70. The van der Waals surface area contributed by atoms with Gasteiger partial charge in [0.05, 0.1) is 5.57 Å². The lowest BCUT2D eigenvalue weighted by Crippen LogP contribution is -1.89. The molecule has 0 aliphatic heterocycles. The molecule has 0 heterocycles. The van der Waals surface area contributed by atoms with Crippen LogP contribution >= 0.6 is 0 Å². The van der Waals surface area contributed by atoms with Crippen molar-refractivity contribution >= 4 is 11.4 Å². The quantitative estimate of drug-likeness (QED) is 0.697. The van der Waals surface area contributed by atoms with Gasteiger partial charge in [0.2, 0.25) is 0 Å². The Balaban J connectivity index is 2.50. The third-order valence-corrected chi connectivity index (χ3v) is 2.90. The first-order valence-electron chi connectivity index (χ1n) is 6.06. The maximum Gasteiger partial charge on any atom is 0.0500 e. The van der Waals surface area contributed by atoms with E-state index in [9.17, 15) is 0 Å². The van der Waals surface area contributed by atoms with Crippen LogP contribution in [0.3, 0.4) is 0 Å². The average Bonchev–Trinajstić information content (AvgIpc) is 2.39. The highest BCUT2D eigenvalue weighted by atomic mass is 14.6. The highest BCUT2D eigenvalue weighted by Gasteiger charge is 2.04. The standard InChI is InChI=1S/C17H17N/c1-13-4-8-15(9-5-13)17(12-18-3)16-10-6-14(2)7-11-16/h4-11H,1-3H3. The molecule has 0 fully saturated rings. The normalized spacial score (nSPS) is 9.72. The van der Waals surface area contributed by atoms with E-state index < -0.39 is 0 Å². The Morgan fingerprint density at radius 3 is 1.50 bits per heavy atom. The summed E-state index contributed by atoms with van der Waals surface area (Å²) in [6, 6.07) is 16.9. The van der Waals surface area contributed by atoms with Crippen LogP contribution in [0.5, 0.6) is 0 Å². The number of hydrogen-bond donors (Lipinski definition) is 0. The molecule has 0 saturated carbocycles. The molecule has 2 aromatic carbocycles. The third kappa shape index (κ3) is 2.77. The fraction of sp³-hybridized carbons (Fsp3) is 0.176. The van der Waals surface area contributed by atoms with E-state index >= 15 is 0 Å². The summed E-state index contributed by atoms with van der Waals surface area (Å²) in [5.74, 6) is 3.10. The molecule has 0 bridgehead atoms. The van der Waals surface area contributed by atoms with Gasteiger partial charge in [0, 0.05) is 7.05 Å². The molecular formula is C17H17N. The Morgan fingerprint density at radius 2 is 1.17 bits per heavy atom. The SMILES string of the molecule is CN=C=C(c1ccc(C)cc1)c1ccc(C)cc1. The maximum absolute atomic E-state index is 4.05. The molecule has 0 N–H and O–H groups in total. The molecule has 0 radical (unpaired) electrons. The summed E-state index contributed by atoms with van der Waals surface area (Å²) in [6.45, 7) is 4.18. The Morgan fingerprint density at radius 1 is 0.778 bits per heavy atom. The number of nitrogens with zero attached hydrogens (tertiary/aromatic N) is 1. The molecule has 18 heavy (non-hydrogen) atoms. The van der Waals surface area contributed by atoms with Gasteiger partial charge in [-0.25, -0.2) is 4.99 Å². The molecule has 90 valence electrons. The van der Waals surface area contributed by atoms with Crippen molar-refractivity contribution < 1.29 is 0 Å². The van der Waals surface area contributed by atoms with Crippen molar-refractivity contribution in [1.82, 2.24) is 0 Å². The van der Waals surface area contributed by atoms with E-state index in [0.717, 1.165) is 16.7 Å². The summed E-state index contributed by atoms with van der Waals surface area (Å²) in [7, 11) is 1.75. The van der Waals surface area contributed by atoms with Crippen molar-refractivity contribution in [2.45, 2.75) is 13.8 Å². The summed E-state index contributed by atoms with van der Waals surface area (Å²) < 4.78 is 0. The average molecular weight is 235 g/mol. The Kier molecular flexibility index (Phi) is 3.76. The van der Waals surface area contributed by atoms with Crippen LogP contribution in [0.4, 0.5) is 0 Å². The van der Waals surface area contributed by atoms with Crippen LogP contribution in [0, 0.1) is 13.8 Å². The van der Waals surface area contributed by atoms with Gasteiger partial charge in [0.15, 0.2) is 0 Å². The van der Waals surface area contributed by atoms with Gasteiger partial charge < -0.3 is 0 Å². The van der Waals surface area contributed by atoms with Gasteiger partial charge in [0.1, 0.15) is 0 Å². The van der Waals surface area contributed by atoms with Crippen LogP contribution in [0.1, 0.15) is 22.3 Å². The fourth-order valence-corrected chi connectivity index (χ4v) is 1.85. The van der Waals surface area contributed by atoms with Crippen molar-refractivity contribution in [2.24, 2.45) is 4.99 Å². The Labute approximate surface area is 109 Å². The second-order valence-electron chi connectivity index (χ2n) is 4.44. The molecule has 0 aliphatic carbocycles. The number of rotatable bonds is 2. The molecular weight excluding hydrogens is 218 g/mol. The van der Waals surface area contributed by atoms with Gasteiger partial charge in [-0.05, 0) is 30.8 Å². The van der Waals surface area contributed by atoms with Gasteiger partial charge in [-0.2, -0.15) is 0 Å². The van der Waals surface area contributed by atoms with Gasteiger partial charge >= 0.3 is 0 Å². The predicted octanol–water partition coefficient (Wildman–Crippen LogP) is 4.03. The molecule has 0 amide bonds. The summed E-state index contributed by atoms with van der Waals surface area (Å²) >= 11 is 0. The van der Waals surface area contributed by atoms with E-state index in [1.807, 2.05) is 0 Å². The van der Waals surface area contributed by atoms with Crippen molar-refractivity contribution in [1.29, 1.82) is 0 Å². The van der Waals surface area contributed by atoms with Gasteiger partial charge in [0.25, 0.3) is 0 Å². The lowest BCUT2D eigenvalue weighted by atomic mass is 9.98. The zero-order chi connectivity index (χ0) is 13.0. The number of hydrogen-bond acceptors (Lipinski definition) is 1. The lowest BCUT2D eigenvalue weighted by Gasteiger charge is -2.06. The smallest absolute Gasteiger partial charge is 0.0500 e. The zero-order valence-corrected chi connectivity index (χ0v) is 11.1. The molecule has 1 nitrogen and oxygen atoms in total. The topological polar surface area (TPSA) is 12.4 Å². The minimum atomic E-state index is 1.04. The highest BCUT2D eigenvalue weighted by molar-refractivity contribution is 5.98. The van der Waals surface area contributed by atoms with Crippen LogP contribution < -0.4 is 0 Å². The molecule has 0 aromatic heterocycles. The molecule has 0 atom stereocenters. The molecule has 0 spiro atoms. The molecule has 2 rings (SSSR count). The number of aryl methyl sites for hydroxylation is 2. The lowest BCUT2D eigenvalue weighted by molar-refractivity contribution is 1.43. The van der Waals surface area contributed by atoms with E-state index in [4.69, 9.17) is 0 Å². The van der Waals surface area contributed by atoms with Crippen molar-refractivity contribution in [2.75, 3.05) is 7.05 Å². The molecule has 0 unspecified atom stereocenters. The Hall–Kier alpha value is -2.11. The second-order valence-corrected chi connectivity index (χ2v) is 4.44. The highest BCUT2D eigenvalue weighted by Crippen LogP contribution is 2.21.